The molecule has 3 aromatic rings. The molecule has 2 heterocycles. The number of benzene rings is 1. The van der Waals surface area contributed by atoms with Crippen molar-refractivity contribution in [3.63, 3.8) is 0 Å². The fourth-order valence-electron chi connectivity index (χ4n) is 2.60. The summed E-state index contributed by atoms with van der Waals surface area (Å²) in [6.07, 6.45) is 1.02. The van der Waals surface area contributed by atoms with E-state index in [2.05, 4.69) is 16.9 Å². The number of pyridine rings is 1. The van der Waals surface area contributed by atoms with Gasteiger partial charge in [-0.15, -0.1) is 0 Å². The third-order valence-electron chi connectivity index (χ3n) is 3.59. The van der Waals surface area contributed by atoms with Crippen LogP contribution in [0.25, 0.3) is 16.7 Å². The Bertz CT molecular complexity index is 904. The molecule has 0 bridgehead atoms. The van der Waals surface area contributed by atoms with E-state index < -0.39 is 0 Å². The molecule has 0 spiro atoms. The van der Waals surface area contributed by atoms with Crippen LogP contribution < -0.4 is 5.56 Å². The van der Waals surface area contributed by atoms with Crippen LogP contribution in [0.5, 0.6) is 0 Å². The molecule has 0 N–H and O–H groups in total. The van der Waals surface area contributed by atoms with Gasteiger partial charge in [-0.3, -0.25) is 9.36 Å². The second-order valence-electron chi connectivity index (χ2n) is 5.50. The molecule has 0 saturated carbocycles. The summed E-state index contributed by atoms with van der Waals surface area (Å²) in [4.78, 5) is 22.3. The molecule has 0 aliphatic carbocycles. The molecule has 2 aromatic heterocycles. The fourth-order valence-corrected chi connectivity index (χ4v) is 3.45. The normalized spacial score (nSPS) is 11.1. The van der Waals surface area contributed by atoms with Crippen LogP contribution in [-0.4, -0.2) is 20.3 Å². The lowest BCUT2D eigenvalue weighted by atomic mass is 10.2. The quantitative estimate of drug-likeness (QED) is 0.539. The van der Waals surface area contributed by atoms with Gasteiger partial charge in [-0.25, -0.2) is 9.97 Å². The first kappa shape index (κ1) is 15.7. The van der Waals surface area contributed by atoms with Crippen LogP contribution in [0.15, 0.2) is 46.3 Å². The van der Waals surface area contributed by atoms with Crippen molar-refractivity contribution in [3.8, 4) is 5.69 Å². The summed E-state index contributed by atoms with van der Waals surface area (Å²) in [6.45, 7) is 5.98. The van der Waals surface area contributed by atoms with Gasteiger partial charge in [-0.05, 0) is 44.0 Å². The Kier molecular flexibility index (Phi) is 4.48. The number of nitrogens with zero attached hydrogens (tertiary/aromatic N) is 3. The zero-order valence-electron chi connectivity index (χ0n) is 13.5. The van der Waals surface area contributed by atoms with Crippen LogP contribution in [0.2, 0.25) is 0 Å². The Hall–Kier alpha value is -2.14. The van der Waals surface area contributed by atoms with Gasteiger partial charge in [-0.2, -0.15) is 0 Å². The van der Waals surface area contributed by atoms with E-state index in [-0.39, 0.29) is 5.56 Å². The molecular formula is C18H19N3OS. The molecule has 0 aliphatic rings. The van der Waals surface area contributed by atoms with E-state index >= 15 is 0 Å². The largest absolute Gasteiger partial charge is 0.268 e. The van der Waals surface area contributed by atoms with Crippen LogP contribution in [0, 0.1) is 13.8 Å². The molecule has 5 heteroatoms. The number of para-hydroxylation sites is 1. The van der Waals surface area contributed by atoms with E-state index in [1.807, 2.05) is 50.2 Å². The molecular weight excluding hydrogens is 306 g/mol. The molecule has 4 nitrogen and oxygen atoms in total. The topological polar surface area (TPSA) is 47.8 Å². The lowest BCUT2D eigenvalue weighted by Crippen LogP contribution is -2.23. The van der Waals surface area contributed by atoms with Gasteiger partial charge in [-0.1, -0.05) is 36.9 Å². The molecule has 0 fully saturated rings. The summed E-state index contributed by atoms with van der Waals surface area (Å²) < 4.78 is 1.70. The van der Waals surface area contributed by atoms with Crippen molar-refractivity contribution in [3.05, 3.63) is 58.0 Å². The van der Waals surface area contributed by atoms with E-state index in [0.29, 0.717) is 16.2 Å². The maximum atomic E-state index is 13.1. The van der Waals surface area contributed by atoms with Crippen molar-refractivity contribution in [1.82, 2.24) is 14.5 Å². The summed E-state index contributed by atoms with van der Waals surface area (Å²) in [6, 6.07) is 11.6. The average Bonchev–Trinajstić information content (AvgIpc) is 2.52. The summed E-state index contributed by atoms with van der Waals surface area (Å²) in [7, 11) is 0. The standard InChI is InChI=1S/C18H19N3OS/c1-4-10-23-18-20-16-15(12(2)11-13(3)19-16)17(22)21(18)14-8-6-5-7-9-14/h5-9,11H,4,10H2,1-3H3. The van der Waals surface area contributed by atoms with Crippen LogP contribution in [-0.2, 0) is 0 Å². The van der Waals surface area contributed by atoms with Gasteiger partial charge in [0, 0.05) is 11.4 Å². The molecule has 0 unspecified atom stereocenters. The molecule has 1 aromatic carbocycles. The Morgan fingerprint density at radius 2 is 1.87 bits per heavy atom. The smallest absolute Gasteiger partial charge is 0.268 e. The Labute approximate surface area is 139 Å². The highest BCUT2D eigenvalue weighted by Gasteiger charge is 2.15. The number of fused-ring (bicyclic) bond motifs is 1. The van der Waals surface area contributed by atoms with E-state index in [1.165, 1.54) is 0 Å². The van der Waals surface area contributed by atoms with Gasteiger partial charge in [0.2, 0.25) is 0 Å². The minimum absolute atomic E-state index is 0.0511. The zero-order valence-corrected chi connectivity index (χ0v) is 14.4. The third kappa shape index (κ3) is 3.01. The summed E-state index contributed by atoms with van der Waals surface area (Å²) in [5.41, 5.74) is 3.13. The van der Waals surface area contributed by atoms with Crippen molar-refractivity contribution in [1.29, 1.82) is 0 Å². The summed E-state index contributed by atoms with van der Waals surface area (Å²) >= 11 is 1.59. The predicted molar refractivity (Wildman–Crippen MR) is 95.6 cm³/mol. The number of thioether (sulfide) groups is 1. The maximum absolute atomic E-state index is 13.1. The molecule has 0 amide bonds. The first-order chi connectivity index (χ1) is 11.1. The molecule has 0 radical (unpaired) electrons. The summed E-state index contributed by atoms with van der Waals surface area (Å²) in [5.74, 6) is 0.912. The second-order valence-corrected chi connectivity index (χ2v) is 6.56. The average molecular weight is 325 g/mol. The zero-order chi connectivity index (χ0) is 16.4. The van der Waals surface area contributed by atoms with Gasteiger partial charge in [0.15, 0.2) is 10.8 Å². The first-order valence-corrected chi connectivity index (χ1v) is 8.69. The number of hydrogen-bond donors (Lipinski definition) is 0. The van der Waals surface area contributed by atoms with E-state index in [1.54, 1.807) is 16.3 Å². The van der Waals surface area contributed by atoms with Crippen molar-refractivity contribution in [2.45, 2.75) is 32.3 Å². The molecule has 118 valence electrons. The van der Waals surface area contributed by atoms with Crippen LogP contribution in [0.3, 0.4) is 0 Å². The lowest BCUT2D eigenvalue weighted by molar-refractivity contribution is 0.811. The summed E-state index contributed by atoms with van der Waals surface area (Å²) in [5, 5.41) is 1.30. The van der Waals surface area contributed by atoms with E-state index in [4.69, 9.17) is 0 Å². The third-order valence-corrected chi connectivity index (χ3v) is 4.73. The highest BCUT2D eigenvalue weighted by atomic mass is 32.2. The highest BCUT2D eigenvalue weighted by molar-refractivity contribution is 7.99. The van der Waals surface area contributed by atoms with Crippen molar-refractivity contribution in [2.75, 3.05) is 5.75 Å². The molecule has 0 atom stereocenters. The Morgan fingerprint density at radius 3 is 2.57 bits per heavy atom. The molecule has 0 aliphatic heterocycles. The predicted octanol–water partition coefficient (Wildman–Crippen LogP) is 3.90. The van der Waals surface area contributed by atoms with E-state index in [9.17, 15) is 4.79 Å². The lowest BCUT2D eigenvalue weighted by Gasteiger charge is -2.13. The van der Waals surface area contributed by atoms with Gasteiger partial charge >= 0.3 is 0 Å². The van der Waals surface area contributed by atoms with Gasteiger partial charge in [0.05, 0.1) is 11.1 Å². The first-order valence-electron chi connectivity index (χ1n) is 7.71. The van der Waals surface area contributed by atoms with Gasteiger partial charge in [0.25, 0.3) is 5.56 Å². The van der Waals surface area contributed by atoms with Gasteiger partial charge in [0.1, 0.15) is 0 Å². The number of hydrogen-bond acceptors (Lipinski definition) is 4. The SMILES string of the molecule is CCCSc1nc2nc(C)cc(C)c2c(=O)n1-c1ccccc1. The Morgan fingerprint density at radius 1 is 1.13 bits per heavy atom. The number of aromatic nitrogens is 3. The number of rotatable bonds is 4. The van der Waals surface area contributed by atoms with E-state index in [0.717, 1.165) is 29.1 Å². The Balaban J connectivity index is 2.35. The number of aryl methyl sites for hydroxylation is 2. The molecule has 0 saturated heterocycles. The minimum atomic E-state index is -0.0511. The minimum Gasteiger partial charge on any atom is -0.268 e. The molecule has 23 heavy (non-hydrogen) atoms. The molecule has 3 rings (SSSR count). The van der Waals surface area contributed by atoms with Crippen LogP contribution >= 0.6 is 11.8 Å². The maximum Gasteiger partial charge on any atom is 0.268 e. The van der Waals surface area contributed by atoms with Crippen LogP contribution in [0.4, 0.5) is 0 Å². The van der Waals surface area contributed by atoms with Crippen LogP contribution in [0.1, 0.15) is 24.6 Å². The fraction of sp³-hybridized carbons (Fsp3) is 0.278. The second kappa shape index (κ2) is 6.54. The van der Waals surface area contributed by atoms with Crippen molar-refractivity contribution in [2.24, 2.45) is 0 Å². The van der Waals surface area contributed by atoms with Crippen molar-refractivity contribution < 1.29 is 0 Å². The monoisotopic (exact) mass is 325 g/mol. The van der Waals surface area contributed by atoms with Crippen molar-refractivity contribution >= 4 is 22.8 Å². The van der Waals surface area contributed by atoms with Gasteiger partial charge < -0.3 is 0 Å². The highest BCUT2D eigenvalue weighted by Crippen LogP contribution is 2.22.